The predicted octanol–water partition coefficient (Wildman–Crippen LogP) is 4.92. The number of nitrogens with one attached hydrogen (secondary N) is 1. The fourth-order valence-corrected chi connectivity index (χ4v) is 2.56. The lowest BCUT2D eigenvalue weighted by atomic mass is 10.1. The Morgan fingerprint density at radius 2 is 1.65 bits per heavy atom. The van der Waals surface area contributed by atoms with E-state index in [2.05, 4.69) is 51.6 Å². The molecule has 0 aliphatic rings. The predicted molar refractivity (Wildman–Crippen MR) is 87.1 cm³/mol. The van der Waals surface area contributed by atoms with E-state index < -0.39 is 0 Å². The molecule has 0 heterocycles. The number of benzene rings is 3. The first-order chi connectivity index (χ1) is 9.72. The summed E-state index contributed by atoms with van der Waals surface area (Å²) < 4.78 is 1.08. The third kappa shape index (κ3) is 2.78. The van der Waals surface area contributed by atoms with E-state index in [1.807, 2.05) is 24.3 Å². The molecule has 0 aliphatic heterocycles. The van der Waals surface area contributed by atoms with E-state index >= 15 is 0 Å². The van der Waals surface area contributed by atoms with E-state index in [1.165, 1.54) is 10.8 Å². The number of halogens is 1. The standard InChI is InChI=1S/C17H14BrNO/c18-15-7-5-13-10-16(8-6-12(13)9-15)19-11-14-3-1-2-4-17(14)20/h1-10,19-20H,11H2. The summed E-state index contributed by atoms with van der Waals surface area (Å²) in [4.78, 5) is 0. The maximum atomic E-state index is 9.75. The average Bonchev–Trinajstić information content (AvgIpc) is 2.46. The van der Waals surface area contributed by atoms with Gasteiger partial charge in [-0.2, -0.15) is 0 Å². The van der Waals surface area contributed by atoms with Crippen molar-refractivity contribution in [1.82, 2.24) is 0 Å². The number of rotatable bonds is 3. The average molecular weight is 328 g/mol. The van der Waals surface area contributed by atoms with Crippen LogP contribution in [0.15, 0.2) is 65.1 Å². The van der Waals surface area contributed by atoms with Crippen LogP contribution in [0.2, 0.25) is 0 Å². The number of aromatic hydroxyl groups is 1. The lowest BCUT2D eigenvalue weighted by Gasteiger charge is -2.09. The van der Waals surface area contributed by atoms with Gasteiger partial charge in [0.2, 0.25) is 0 Å². The number of anilines is 1. The smallest absolute Gasteiger partial charge is 0.120 e. The highest BCUT2D eigenvalue weighted by molar-refractivity contribution is 9.10. The molecule has 2 N–H and O–H groups in total. The van der Waals surface area contributed by atoms with Crippen molar-refractivity contribution in [3.8, 4) is 5.75 Å². The van der Waals surface area contributed by atoms with Crippen LogP contribution in [-0.2, 0) is 6.54 Å². The molecule has 0 radical (unpaired) electrons. The van der Waals surface area contributed by atoms with Crippen LogP contribution >= 0.6 is 15.9 Å². The minimum atomic E-state index is 0.324. The Bertz CT molecular complexity index is 755. The lowest BCUT2D eigenvalue weighted by molar-refractivity contribution is 0.469. The second-order valence-corrected chi connectivity index (χ2v) is 5.60. The van der Waals surface area contributed by atoms with Crippen molar-refractivity contribution in [1.29, 1.82) is 0 Å². The number of hydrogen-bond acceptors (Lipinski definition) is 2. The molecule has 0 unspecified atom stereocenters. The first-order valence-electron chi connectivity index (χ1n) is 6.42. The maximum absolute atomic E-state index is 9.75. The van der Waals surface area contributed by atoms with Gasteiger partial charge in [0.1, 0.15) is 5.75 Å². The molecule has 0 amide bonds. The van der Waals surface area contributed by atoms with Crippen LogP contribution in [0.5, 0.6) is 5.75 Å². The number of phenolic OH excluding ortho intramolecular Hbond substituents is 1. The summed E-state index contributed by atoms with van der Waals surface area (Å²) in [6, 6.07) is 19.8. The largest absolute Gasteiger partial charge is 0.508 e. The van der Waals surface area contributed by atoms with E-state index in [-0.39, 0.29) is 0 Å². The zero-order chi connectivity index (χ0) is 13.9. The van der Waals surface area contributed by atoms with E-state index in [1.54, 1.807) is 6.07 Å². The van der Waals surface area contributed by atoms with Gasteiger partial charge in [0.25, 0.3) is 0 Å². The Morgan fingerprint density at radius 3 is 2.50 bits per heavy atom. The van der Waals surface area contributed by atoms with Crippen molar-refractivity contribution in [3.05, 3.63) is 70.7 Å². The van der Waals surface area contributed by atoms with Gasteiger partial charge in [-0.15, -0.1) is 0 Å². The van der Waals surface area contributed by atoms with Crippen LogP contribution in [0.1, 0.15) is 5.56 Å². The van der Waals surface area contributed by atoms with Gasteiger partial charge in [0.05, 0.1) is 0 Å². The summed E-state index contributed by atoms with van der Waals surface area (Å²) in [6.45, 7) is 0.606. The molecule has 0 saturated carbocycles. The molecular formula is C17H14BrNO. The van der Waals surface area contributed by atoms with Crippen LogP contribution in [-0.4, -0.2) is 5.11 Å². The van der Waals surface area contributed by atoms with Crippen molar-refractivity contribution < 1.29 is 5.11 Å². The van der Waals surface area contributed by atoms with Crippen molar-refractivity contribution in [2.24, 2.45) is 0 Å². The molecule has 3 rings (SSSR count). The van der Waals surface area contributed by atoms with E-state index in [0.717, 1.165) is 15.7 Å². The molecule has 3 aromatic rings. The van der Waals surface area contributed by atoms with E-state index in [4.69, 9.17) is 0 Å². The molecular weight excluding hydrogens is 314 g/mol. The van der Waals surface area contributed by atoms with Gasteiger partial charge in [-0.1, -0.05) is 46.3 Å². The van der Waals surface area contributed by atoms with Gasteiger partial charge < -0.3 is 10.4 Å². The SMILES string of the molecule is Oc1ccccc1CNc1ccc2cc(Br)ccc2c1. The molecule has 0 spiro atoms. The molecule has 0 bridgehead atoms. The molecule has 3 aromatic carbocycles. The summed E-state index contributed by atoms with van der Waals surface area (Å²) in [7, 11) is 0. The fraction of sp³-hybridized carbons (Fsp3) is 0.0588. The topological polar surface area (TPSA) is 32.3 Å². The van der Waals surface area contributed by atoms with Gasteiger partial charge in [-0.05, 0) is 41.1 Å². The normalized spacial score (nSPS) is 10.7. The quantitative estimate of drug-likeness (QED) is 0.715. The van der Waals surface area contributed by atoms with Crippen LogP contribution in [0.3, 0.4) is 0 Å². The molecule has 2 nitrogen and oxygen atoms in total. The lowest BCUT2D eigenvalue weighted by Crippen LogP contribution is -1.99. The first-order valence-corrected chi connectivity index (χ1v) is 7.22. The van der Waals surface area contributed by atoms with Crippen LogP contribution in [0.25, 0.3) is 10.8 Å². The molecule has 0 fully saturated rings. The third-order valence-corrected chi connectivity index (χ3v) is 3.77. The summed E-state index contributed by atoms with van der Waals surface area (Å²) in [5.74, 6) is 0.324. The Labute approximate surface area is 126 Å². The highest BCUT2D eigenvalue weighted by Crippen LogP contribution is 2.24. The van der Waals surface area contributed by atoms with Gasteiger partial charge in [0, 0.05) is 22.3 Å². The number of phenols is 1. The molecule has 3 heteroatoms. The zero-order valence-electron chi connectivity index (χ0n) is 10.8. The van der Waals surface area contributed by atoms with Crippen LogP contribution < -0.4 is 5.32 Å². The Morgan fingerprint density at radius 1 is 0.900 bits per heavy atom. The number of fused-ring (bicyclic) bond motifs is 1. The summed E-state index contributed by atoms with van der Waals surface area (Å²) >= 11 is 3.48. The van der Waals surface area contributed by atoms with Crippen LogP contribution in [0.4, 0.5) is 5.69 Å². The minimum Gasteiger partial charge on any atom is -0.508 e. The Hall–Kier alpha value is -2.00. The summed E-state index contributed by atoms with van der Waals surface area (Å²) in [6.07, 6.45) is 0. The number of hydrogen-bond donors (Lipinski definition) is 2. The van der Waals surface area contributed by atoms with E-state index in [0.29, 0.717) is 12.3 Å². The number of para-hydroxylation sites is 1. The summed E-state index contributed by atoms with van der Waals surface area (Å²) in [5, 5.41) is 15.5. The van der Waals surface area contributed by atoms with Crippen molar-refractivity contribution in [3.63, 3.8) is 0 Å². The second-order valence-electron chi connectivity index (χ2n) is 4.69. The molecule has 0 aliphatic carbocycles. The minimum absolute atomic E-state index is 0.324. The van der Waals surface area contributed by atoms with Gasteiger partial charge in [0.15, 0.2) is 0 Å². The molecule has 100 valence electrons. The van der Waals surface area contributed by atoms with Crippen LogP contribution in [0, 0.1) is 0 Å². The maximum Gasteiger partial charge on any atom is 0.120 e. The van der Waals surface area contributed by atoms with Crippen molar-refractivity contribution in [2.45, 2.75) is 6.54 Å². The third-order valence-electron chi connectivity index (χ3n) is 3.28. The molecule has 0 saturated heterocycles. The molecule has 0 aromatic heterocycles. The Kier molecular flexibility index (Phi) is 3.61. The Balaban J connectivity index is 1.81. The van der Waals surface area contributed by atoms with E-state index in [9.17, 15) is 5.11 Å². The monoisotopic (exact) mass is 327 g/mol. The van der Waals surface area contributed by atoms with Gasteiger partial charge >= 0.3 is 0 Å². The van der Waals surface area contributed by atoms with Crippen molar-refractivity contribution >= 4 is 32.4 Å². The zero-order valence-corrected chi connectivity index (χ0v) is 12.4. The van der Waals surface area contributed by atoms with Gasteiger partial charge in [-0.3, -0.25) is 0 Å². The fourth-order valence-electron chi connectivity index (χ4n) is 2.18. The second kappa shape index (κ2) is 5.55. The highest BCUT2D eigenvalue weighted by atomic mass is 79.9. The first kappa shape index (κ1) is 13.0. The van der Waals surface area contributed by atoms with Gasteiger partial charge in [-0.25, -0.2) is 0 Å². The highest BCUT2D eigenvalue weighted by Gasteiger charge is 2.01. The molecule has 0 atom stereocenters. The van der Waals surface area contributed by atoms with Crippen molar-refractivity contribution in [2.75, 3.05) is 5.32 Å². The molecule has 20 heavy (non-hydrogen) atoms. The summed E-state index contributed by atoms with van der Waals surface area (Å²) in [5.41, 5.74) is 1.94.